The van der Waals surface area contributed by atoms with Crippen molar-refractivity contribution in [2.24, 2.45) is 5.92 Å². The highest BCUT2D eigenvalue weighted by Gasteiger charge is 2.60. The molecule has 2 fully saturated rings. The van der Waals surface area contributed by atoms with Gasteiger partial charge in [0.25, 0.3) is 5.91 Å². The number of rotatable bonds is 7. The molecule has 0 unspecified atom stereocenters. The number of methoxy groups -OCH3 is 2. The summed E-state index contributed by atoms with van der Waals surface area (Å²) in [5, 5.41) is 1.59. The molecule has 2 aliphatic heterocycles. The van der Waals surface area contributed by atoms with E-state index in [1.54, 1.807) is 71.8 Å². The van der Waals surface area contributed by atoms with Crippen LogP contribution in [-0.2, 0) is 14.4 Å². The number of fused-ring (bicyclic) bond motifs is 1. The summed E-state index contributed by atoms with van der Waals surface area (Å²) in [6.07, 6.45) is -1.06. The van der Waals surface area contributed by atoms with Gasteiger partial charge in [-0.1, -0.05) is 54.6 Å². The Kier molecular flexibility index (Phi) is 6.86. The van der Waals surface area contributed by atoms with Gasteiger partial charge in [0.05, 0.1) is 37.2 Å². The SMILES string of the molecule is COc1cc([C@@H]2[C@@H]3C(=O)N(c4ccccc4OC)C(=O)[C@H]3ON2c2ccccc2)ccc1OC(=O)c1ccccc1. The number of hydrogen-bond acceptors (Lipinski definition) is 8. The zero-order valence-electron chi connectivity index (χ0n) is 22.3. The van der Waals surface area contributed by atoms with Crippen LogP contribution in [0.4, 0.5) is 11.4 Å². The van der Waals surface area contributed by atoms with Gasteiger partial charge in [-0.25, -0.2) is 14.8 Å². The average Bonchev–Trinajstić information content (AvgIpc) is 3.53. The van der Waals surface area contributed by atoms with Crippen molar-refractivity contribution in [1.29, 1.82) is 0 Å². The highest BCUT2D eigenvalue weighted by molar-refractivity contribution is 6.24. The third-order valence-corrected chi connectivity index (χ3v) is 7.19. The minimum atomic E-state index is -1.06. The number of hydroxylamine groups is 1. The number of hydrogen-bond donors (Lipinski definition) is 0. The smallest absolute Gasteiger partial charge is 0.343 e. The molecule has 0 bridgehead atoms. The Labute approximate surface area is 236 Å². The van der Waals surface area contributed by atoms with Gasteiger partial charge in [-0.2, -0.15) is 0 Å². The number of benzene rings is 4. The van der Waals surface area contributed by atoms with Gasteiger partial charge >= 0.3 is 5.97 Å². The van der Waals surface area contributed by atoms with E-state index in [1.807, 2.05) is 36.4 Å². The number of carbonyl (C=O) groups excluding carboxylic acids is 3. The first-order valence-electron chi connectivity index (χ1n) is 13.0. The van der Waals surface area contributed by atoms with Crippen LogP contribution >= 0.6 is 0 Å². The van der Waals surface area contributed by atoms with Crippen LogP contribution in [0, 0.1) is 5.92 Å². The molecular weight excluding hydrogens is 524 g/mol. The third-order valence-electron chi connectivity index (χ3n) is 7.19. The summed E-state index contributed by atoms with van der Waals surface area (Å²) in [6.45, 7) is 0. The summed E-state index contributed by atoms with van der Waals surface area (Å²) in [7, 11) is 2.95. The van der Waals surface area contributed by atoms with Crippen molar-refractivity contribution in [3.8, 4) is 17.2 Å². The molecule has 41 heavy (non-hydrogen) atoms. The quantitative estimate of drug-likeness (QED) is 0.181. The predicted molar refractivity (Wildman–Crippen MR) is 150 cm³/mol. The summed E-state index contributed by atoms with van der Waals surface area (Å²) in [4.78, 5) is 47.7. The number of ether oxygens (including phenoxy) is 3. The van der Waals surface area contributed by atoms with E-state index in [4.69, 9.17) is 19.0 Å². The third kappa shape index (κ3) is 4.56. The maximum Gasteiger partial charge on any atom is 0.343 e. The Morgan fingerprint density at radius 2 is 1.39 bits per heavy atom. The van der Waals surface area contributed by atoms with Crippen LogP contribution in [0.2, 0.25) is 0 Å². The number of carbonyl (C=O) groups is 3. The fourth-order valence-corrected chi connectivity index (χ4v) is 5.29. The molecule has 2 aliphatic rings. The van der Waals surface area contributed by atoms with Gasteiger partial charge in [0.15, 0.2) is 17.6 Å². The molecule has 2 saturated heterocycles. The van der Waals surface area contributed by atoms with E-state index in [2.05, 4.69) is 0 Å². The van der Waals surface area contributed by atoms with Gasteiger partial charge in [-0.3, -0.25) is 14.4 Å². The van der Waals surface area contributed by atoms with E-state index < -0.39 is 35.8 Å². The molecule has 2 amide bonds. The molecule has 0 saturated carbocycles. The molecule has 0 aliphatic carbocycles. The maximum absolute atomic E-state index is 14.0. The minimum Gasteiger partial charge on any atom is -0.495 e. The zero-order chi connectivity index (χ0) is 28.5. The zero-order valence-corrected chi connectivity index (χ0v) is 22.3. The number of imide groups is 1. The summed E-state index contributed by atoms with van der Waals surface area (Å²) in [5.41, 5.74) is 2.07. The summed E-state index contributed by atoms with van der Waals surface area (Å²) in [5.74, 6) is -1.37. The van der Waals surface area contributed by atoms with Gasteiger partial charge < -0.3 is 14.2 Å². The molecule has 9 nitrogen and oxygen atoms in total. The van der Waals surface area contributed by atoms with E-state index >= 15 is 0 Å². The fraction of sp³-hybridized carbons (Fsp3) is 0.156. The lowest BCUT2D eigenvalue weighted by molar-refractivity contribution is -0.126. The van der Waals surface area contributed by atoms with Gasteiger partial charge in [0, 0.05) is 0 Å². The molecule has 9 heteroatoms. The topological polar surface area (TPSA) is 94.6 Å². The van der Waals surface area contributed by atoms with Crippen molar-refractivity contribution >= 4 is 29.2 Å². The maximum atomic E-state index is 14.0. The summed E-state index contributed by atoms with van der Waals surface area (Å²) >= 11 is 0. The molecule has 6 rings (SSSR count). The Bertz CT molecular complexity index is 1610. The van der Waals surface area contributed by atoms with E-state index in [0.29, 0.717) is 34.0 Å². The van der Waals surface area contributed by atoms with Crippen molar-refractivity contribution in [2.75, 3.05) is 24.2 Å². The Morgan fingerprint density at radius 3 is 2.10 bits per heavy atom. The monoisotopic (exact) mass is 550 g/mol. The number of nitrogens with zero attached hydrogens (tertiary/aromatic N) is 2. The molecule has 0 radical (unpaired) electrons. The van der Waals surface area contributed by atoms with Crippen LogP contribution in [0.3, 0.4) is 0 Å². The molecule has 0 aromatic heterocycles. The van der Waals surface area contributed by atoms with Crippen LogP contribution in [0.15, 0.2) is 103 Å². The second kappa shape index (κ2) is 10.8. The van der Waals surface area contributed by atoms with Crippen LogP contribution in [0.5, 0.6) is 17.2 Å². The van der Waals surface area contributed by atoms with E-state index in [9.17, 15) is 14.4 Å². The van der Waals surface area contributed by atoms with Crippen molar-refractivity contribution in [1.82, 2.24) is 0 Å². The highest BCUT2D eigenvalue weighted by Crippen LogP contribution is 2.49. The molecule has 2 heterocycles. The van der Waals surface area contributed by atoms with Crippen molar-refractivity contribution in [3.63, 3.8) is 0 Å². The molecular formula is C32H26N2O7. The number of amides is 2. The first kappa shape index (κ1) is 26.1. The van der Waals surface area contributed by atoms with Gasteiger partial charge in [0.2, 0.25) is 5.91 Å². The van der Waals surface area contributed by atoms with Crippen molar-refractivity contribution in [2.45, 2.75) is 12.1 Å². The highest BCUT2D eigenvalue weighted by atomic mass is 16.7. The number of anilines is 2. The van der Waals surface area contributed by atoms with Crippen LogP contribution in [-0.4, -0.2) is 38.1 Å². The van der Waals surface area contributed by atoms with E-state index in [0.717, 1.165) is 4.90 Å². The lowest BCUT2D eigenvalue weighted by atomic mass is 9.90. The fourth-order valence-electron chi connectivity index (χ4n) is 5.29. The molecule has 4 aromatic rings. The minimum absolute atomic E-state index is 0.219. The lowest BCUT2D eigenvalue weighted by Gasteiger charge is -2.29. The summed E-state index contributed by atoms with van der Waals surface area (Å²) < 4.78 is 16.6. The Morgan fingerprint density at radius 1 is 0.732 bits per heavy atom. The van der Waals surface area contributed by atoms with Crippen LogP contribution < -0.4 is 24.2 Å². The predicted octanol–water partition coefficient (Wildman–Crippen LogP) is 4.97. The normalized spacial score (nSPS) is 19.7. The Hall–Kier alpha value is -5.15. The standard InChI is InChI=1S/C32H26N2O7/c1-38-24-16-10-9-15-23(24)33-30(35)27-28(34(41-29(27)31(33)36)22-13-7-4-8-14-22)21-17-18-25(26(19-21)39-2)40-32(37)20-11-5-3-6-12-20/h3-19,27-29H,1-2H3/t27-,28+,29-/m0/s1. The Balaban J connectivity index is 1.39. The average molecular weight is 551 g/mol. The molecule has 0 N–H and O–H groups in total. The van der Waals surface area contributed by atoms with Crippen molar-refractivity contribution < 1.29 is 33.4 Å². The molecule has 3 atom stereocenters. The van der Waals surface area contributed by atoms with E-state index in [1.165, 1.54) is 14.2 Å². The molecule has 4 aromatic carbocycles. The second-order valence-electron chi connectivity index (χ2n) is 9.51. The van der Waals surface area contributed by atoms with Gasteiger partial charge in [-0.05, 0) is 54.1 Å². The first-order valence-corrected chi connectivity index (χ1v) is 13.0. The van der Waals surface area contributed by atoms with Crippen molar-refractivity contribution in [3.05, 3.63) is 114 Å². The second-order valence-corrected chi connectivity index (χ2v) is 9.51. The lowest BCUT2D eigenvalue weighted by Crippen LogP contribution is -2.37. The van der Waals surface area contributed by atoms with E-state index in [-0.39, 0.29) is 5.75 Å². The first-order chi connectivity index (χ1) is 20.0. The number of esters is 1. The summed E-state index contributed by atoms with van der Waals surface area (Å²) in [6, 6.07) is 29.1. The van der Waals surface area contributed by atoms with Crippen LogP contribution in [0.1, 0.15) is 22.0 Å². The molecule has 0 spiro atoms. The van der Waals surface area contributed by atoms with Gasteiger partial charge in [0.1, 0.15) is 11.7 Å². The number of para-hydroxylation sites is 3. The van der Waals surface area contributed by atoms with Crippen LogP contribution in [0.25, 0.3) is 0 Å². The largest absolute Gasteiger partial charge is 0.495 e. The molecule has 206 valence electrons. The van der Waals surface area contributed by atoms with Gasteiger partial charge in [-0.15, -0.1) is 0 Å².